The van der Waals surface area contributed by atoms with Gasteiger partial charge in [0, 0.05) is 53.9 Å². The molecule has 1 N–H and O–H groups in total. The van der Waals surface area contributed by atoms with E-state index >= 15 is 0 Å². The lowest BCUT2D eigenvalue weighted by Gasteiger charge is -2.34. The van der Waals surface area contributed by atoms with Crippen molar-refractivity contribution in [2.45, 2.75) is 0 Å². The Morgan fingerprint density at radius 2 is 1.85 bits per heavy atom. The van der Waals surface area contributed by atoms with Crippen LogP contribution in [0.15, 0.2) is 52.2 Å². The molecular formula is C26H27BrN6O6. The zero-order chi connectivity index (χ0) is 27.8. The summed E-state index contributed by atoms with van der Waals surface area (Å²) in [6.45, 7) is 2.22. The highest BCUT2D eigenvalue weighted by Crippen LogP contribution is 2.34. The predicted molar refractivity (Wildman–Crippen MR) is 146 cm³/mol. The van der Waals surface area contributed by atoms with Gasteiger partial charge in [-0.2, -0.15) is 0 Å². The minimum atomic E-state index is -0.635. The SMILES string of the molecule is COc1ccc(Br)c2[nH]cc(C(=O)C(=O)N3CCN(C(=O)c4cccc(OCCOCCN=[N+]=[N-])c4)CC3)c12. The standard InChI is InChI=1S/C26H27BrN6O6/c1-37-21-6-5-20(27)23-22(21)19(16-29-23)24(34)26(36)33-10-8-32(9-11-33)25(35)17-3-2-4-18(15-17)39-14-13-38-12-7-30-31-28/h2-6,15-16,29H,7-14H2,1H3. The Bertz CT molecular complexity index is 1410. The molecule has 1 aliphatic rings. The van der Waals surface area contributed by atoms with Crippen molar-refractivity contribution < 1.29 is 28.6 Å². The van der Waals surface area contributed by atoms with Crippen LogP contribution in [-0.4, -0.2) is 92.0 Å². The number of halogens is 1. The molecule has 0 unspecified atom stereocenters. The lowest BCUT2D eigenvalue weighted by molar-refractivity contribution is -0.127. The summed E-state index contributed by atoms with van der Waals surface area (Å²) in [5.41, 5.74) is 9.62. The van der Waals surface area contributed by atoms with Gasteiger partial charge in [0.05, 0.1) is 36.8 Å². The second-order valence-corrected chi connectivity index (χ2v) is 9.41. The van der Waals surface area contributed by atoms with E-state index in [1.54, 1.807) is 41.3 Å². The van der Waals surface area contributed by atoms with Crippen LogP contribution in [0.3, 0.4) is 0 Å². The van der Waals surface area contributed by atoms with Gasteiger partial charge in [0.15, 0.2) is 0 Å². The number of nitrogens with one attached hydrogen (secondary N) is 1. The van der Waals surface area contributed by atoms with Crippen LogP contribution in [0.25, 0.3) is 21.3 Å². The van der Waals surface area contributed by atoms with Gasteiger partial charge in [-0.1, -0.05) is 11.2 Å². The van der Waals surface area contributed by atoms with Crippen LogP contribution >= 0.6 is 15.9 Å². The number of carbonyl (C=O) groups is 3. The van der Waals surface area contributed by atoms with Crippen LogP contribution in [-0.2, 0) is 9.53 Å². The number of aromatic nitrogens is 1. The second kappa shape index (κ2) is 13.1. The van der Waals surface area contributed by atoms with Gasteiger partial charge < -0.3 is 29.0 Å². The van der Waals surface area contributed by atoms with Crippen LogP contribution in [0.2, 0.25) is 0 Å². The third kappa shape index (κ3) is 6.51. The minimum Gasteiger partial charge on any atom is -0.496 e. The first kappa shape index (κ1) is 28.0. The zero-order valence-corrected chi connectivity index (χ0v) is 22.8. The number of nitrogens with zero attached hydrogens (tertiary/aromatic N) is 5. The number of aromatic amines is 1. The van der Waals surface area contributed by atoms with Crippen molar-refractivity contribution in [1.29, 1.82) is 0 Å². The number of ether oxygens (including phenoxy) is 3. The highest BCUT2D eigenvalue weighted by atomic mass is 79.9. The van der Waals surface area contributed by atoms with Crippen molar-refractivity contribution >= 4 is 44.4 Å². The van der Waals surface area contributed by atoms with Gasteiger partial charge in [-0.3, -0.25) is 14.4 Å². The molecule has 13 heteroatoms. The first-order valence-electron chi connectivity index (χ1n) is 12.2. The Morgan fingerprint density at radius 3 is 2.59 bits per heavy atom. The summed E-state index contributed by atoms with van der Waals surface area (Å²) in [4.78, 5) is 48.1. The maximum Gasteiger partial charge on any atom is 0.295 e. The number of ketones is 1. The summed E-state index contributed by atoms with van der Waals surface area (Å²) in [5.74, 6) is -0.424. The van der Waals surface area contributed by atoms with Crippen molar-refractivity contribution in [3.8, 4) is 11.5 Å². The number of carbonyl (C=O) groups excluding carboxylic acids is 3. The number of H-pyrrole nitrogens is 1. The monoisotopic (exact) mass is 598 g/mol. The third-order valence-electron chi connectivity index (χ3n) is 6.24. The molecule has 4 rings (SSSR count). The molecule has 1 aliphatic heterocycles. The Morgan fingerprint density at radius 1 is 1.08 bits per heavy atom. The molecule has 1 aromatic heterocycles. The topological polar surface area (TPSA) is 150 Å². The number of rotatable bonds is 11. The van der Waals surface area contributed by atoms with E-state index < -0.39 is 11.7 Å². The molecule has 0 spiro atoms. The lowest BCUT2D eigenvalue weighted by atomic mass is 10.1. The van der Waals surface area contributed by atoms with E-state index in [1.165, 1.54) is 18.2 Å². The van der Waals surface area contributed by atoms with E-state index in [9.17, 15) is 14.4 Å². The fraction of sp³-hybridized carbons (Fsp3) is 0.346. The molecule has 0 saturated carbocycles. The van der Waals surface area contributed by atoms with E-state index in [1.807, 2.05) is 0 Å². The molecule has 2 amide bonds. The number of methoxy groups -OCH3 is 1. The summed E-state index contributed by atoms with van der Waals surface area (Å²) >= 11 is 3.45. The third-order valence-corrected chi connectivity index (χ3v) is 6.90. The van der Waals surface area contributed by atoms with Gasteiger partial charge in [-0.15, -0.1) is 0 Å². The van der Waals surface area contributed by atoms with E-state index in [0.29, 0.717) is 54.3 Å². The number of Topliss-reactive ketones (excluding diaryl/α,β-unsaturated/α-hetero) is 1. The van der Waals surface area contributed by atoms with E-state index in [4.69, 9.17) is 19.7 Å². The van der Waals surface area contributed by atoms with Crippen LogP contribution in [0.5, 0.6) is 11.5 Å². The van der Waals surface area contributed by atoms with Crippen molar-refractivity contribution in [2.24, 2.45) is 5.11 Å². The van der Waals surface area contributed by atoms with Crippen LogP contribution in [0, 0.1) is 0 Å². The largest absolute Gasteiger partial charge is 0.496 e. The molecule has 39 heavy (non-hydrogen) atoms. The fourth-order valence-corrected chi connectivity index (χ4v) is 4.72. The van der Waals surface area contributed by atoms with E-state index in [0.717, 1.165) is 4.47 Å². The van der Waals surface area contributed by atoms with Gasteiger partial charge in [-0.25, -0.2) is 0 Å². The molecule has 2 aromatic carbocycles. The number of azide groups is 1. The van der Waals surface area contributed by atoms with Crippen molar-refractivity contribution in [3.63, 3.8) is 0 Å². The molecule has 0 bridgehead atoms. The highest BCUT2D eigenvalue weighted by molar-refractivity contribution is 9.10. The Labute approximate surface area is 232 Å². The van der Waals surface area contributed by atoms with E-state index in [2.05, 4.69) is 30.9 Å². The minimum absolute atomic E-state index is 0.185. The van der Waals surface area contributed by atoms with Crippen LogP contribution < -0.4 is 9.47 Å². The first-order valence-corrected chi connectivity index (χ1v) is 13.0. The smallest absolute Gasteiger partial charge is 0.295 e. The molecule has 0 radical (unpaired) electrons. The second-order valence-electron chi connectivity index (χ2n) is 8.56. The Balaban J connectivity index is 1.32. The summed E-state index contributed by atoms with van der Waals surface area (Å²) in [7, 11) is 1.51. The van der Waals surface area contributed by atoms with E-state index in [-0.39, 0.29) is 37.7 Å². The molecule has 204 valence electrons. The predicted octanol–water partition coefficient (Wildman–Crippen LogP) is 3.81. The van der Waals surface area contributed by atoms with Crippen molar-refractivity contribution in [2.75, 3.05) is 59.7 Å². The number of hydrogen-bond donors (Lipinski definition) is 1. The summed E-state index contributed by atoms with van der Waals surface area (Å²) < 4.78 is 17.1. The Kier molecular flexibility index (Phi) is 9.42. The molecule has 0 atom stereocenters. The zero-order valence-electron chi connectivity index (χ0n) is 21.3. The maximum atomic E-state index is 13.1. The van der Waals surface area contributed by atoms with Gasteiger partial charge in [0.1, 0.15) is 18.1 Å². The molecule has 12 nitrogen and oxygen atoms in total. The molecule has 1 fully saturated rings. The Hall–Kier alpha value is -4.06. The normalized spacial score (nSPS) is 13.2. The number of piperazine rings is 1. The van der Waals surface area contributed by atoms with Gasteiger partial charge in [0.25, 0.3) is 17.6 Å². The molecule has 0 aliphatic carbocycles. The number of amides is 2. The maximum absolute atomic E-state index is 13.1. The molecule has 2 heterocycles. The molecular weight excluding hydrogens is 572 g/mol. The number of benzene rings is 2. The van der Waals surface area contributed by atoms with Crippen LogP contribution in [0.1, 0.15) is 20.7 Å². The molecule has 1 saturated heterocycles. The van der Waals surface area contributed by atoms with Gasteiger partial charge in [-0.05, 0) is 51.8 Å². The molecule has 3 aromatic rings. The quantitative estimate of drug-likeness (QED) is 0.0885. The van der Waals surface area contributed by atoms with Gasteiger partial charge in [0.2, 0.25) is 0 Å². The summed E-state index contributed by atoms with van der Waals surface area (Å²) in [6, 6.07) is 10.4. The number of hydrogen-bond acceptors (Lipinski definition) is 7. The van der Waals surface area contributed by atoms with Crippen molar-refractivity contribution in [3.05, 3.63) is 68.6 Å². The van der Waals surface area contributed by atoms with Crippen LogP contribution in [0.4, 0.5) is 0 Å². The fourth-order valence-electron chi connectivity index (χ4n) is 4.28. The number of fused-ring (bicyclic) bond motifs is 1. The highest BCUT2D eigenvalue weighted by Gasteiger charge is 2.31. The average Bonchev–Trinajstić information content (AvgIpc) is 3.42. The lowest BCUT2D eigenvalue weighted by Crippen LogP contribution is -2.52. The van der Waals surface area contributed by atoms with Gasteiger partial charge >= 0.3 is 0 Å². The first-order chi connectivity index (χ1) is 18.9. The van der Waals surface area contributed by atoms with Crippen molar-refractivity contribution in [1.82, 2.24) is 14.8 Å². The summed E-state index contributed by atoms with van der Waals surface area (Å²) in [5, 5.41) is 3.93. The average molecular weight is 599 g/mol. The summed E-state index contributed by atoms with van der Waals surface area (Å²) in [6.07, 6.45) is 1.52.